The molecule has 1 aromatic heterocycles. The first-order chi connectivity index (χ1) is 10.3. The van der Waals surface area contributed by atoms with Crippen molar-refractivity contribution in [3.05, 3.63) is 29.5 Å². The quantitative estimate of drug-likeness (QED) is 0.887. The van der Waals surface area contributed by atoms with E-state index >= 15 is 0 Å². The molecule has 3 rings (SSSR count). The number of anilines is 1. The number of pyridine rings is 1. The lowest BCUT2D eigenvalue weighted by Gasteiger charge is -2.22. The summed E-state index contributed by atoms with van der Waals surface area (Å²) < 4.78 is 5.90. The minimum Gasteiger partial charge on any atom is -0.491 e. The highest BCUT2D eigenvalue weighted by Gasteiger charge is 2.19. The molecule has 0 saturated carbocycles. The predicted molar refractivity (Wildman–Crippen MR) is 88.3 cm³/mol. The first kappa shape index (κ1) is 14.2. The van der Waals surface area contributed by atoms with Gasteiger partial charge in [0.15, 0.2) is 0 Å². The summed E-state index contributed by atoms with van der Waals surface area (Å²) in [5, 5.41) is 4.77. The molecule has 2 aromatic rings. The number of rotatable bonds is 5. The van der Waals surface area contributed by atoms with Crippen LogP contribution in [0, 0.1) is 0 Å². The number of fused-ring (bicyclic) bond motifs is 2. The third-order valence-corrected chi connectivity index (χ3v) is 4.07. The molecule has 0 atom stereocenters. The number of nitrogens with one attached hydrogen (secondary N) is 1. The van der Waals surface area contributed by atoms with E-state index in [1.54, 1.807) is 0 Å². The number of aromatic nitrogens is 1. The standard InChI is InChI=1S/C18H24N2O/c1-3-12-21-16-11-7-9-14-17(19-4-2)13-8-5-6-10-15(13)20-18(14)16/h7,9,11H,3-6,8,10,12H2,1-2H3,(H,19,20). The van der Waals surface area contributed by atoms with Crippen LogP contribution in [-0.2, 0) is 12.8 Å². The zero-order valence-corrected chi connectivity index (χ0v) is 13.0. The highest BCUT2D eigenvalue weighted by atomic mass is 16.5. The number of hydrogen-bond acceptors (Lipinski definition) is 3. The molecule has 1 aliphatic rings. The Bertz CT molecular complexity index is 637. The van der Waals surface area contributed by atoms with Crippen molar-refractivity contribution in [2.45, 2.75) is 46.0 Å². The van der Waals surface area contributed by atoms with Crippen LogP contribution in [0.3, 0.4) is 0 Å². The van der Waals surface area contributed by atoms with Crippen LogP contribution in [0.2, 0.25) is 0 Å². The van der Waals surface area contributed by atoms with E-state index in [4.69, 9.17) is 9.72 Å². The summed E-state index contributed by atoms with van der Waals surface area (Å²) in [7, 11) is 0. The Labute approximate surface area is 126 Å². The zero-order valence-electron chi connectivity index (χ0n) is 13.0. The monoisotopic (exact) mass is 284 g/mol. The maximum absolute atomic E-state index is 5.90. The maximum Gasteiger partial charge on any atom is 0.145 e. The van der Waals surface area contributed by atoms with Crippen molar-refractivity contribution >= 4 is 16.6 Å². The summed E-state index contributed by atoms with van der Waals surface area (Å²) >= 11 is 0. The first-order valence-electron chi connectivity index (χ1n) is 8.16. The Morgan fingerprint density at radius 3 is 2.86 bits per heavy atom. The Balaban J connectivity index is 2.18. The molecule has 0 unspecified atom stereocenters. The van der Waals surface area contributed by atoms with E-state index in [1.165, 1.54) is 35.2 Å². The van der Waals surface area contributed by atoms with E-state index in [0.717, 1.165) is 43.7 Å². The lowest BCUT2D eigenvalue weighted by molar-refractivity contribution is 0.320. The molecule has 1 N–H and O–H groups in total. The fourth-order valence-corrected chi connectivity index (χ4v) is 3.13. The minimum atomic E-state index is 0.744. The third-order valence-electron chi connectivity index (χ3n) is 4.07. The Kier molecular flexibility index (Phi) is 4.28. The van der Waals surface area contributed by atoms with Crippen LogP contribution in [0.1, 0.15) is 44.4 Å². The Morgan fingerprint density at radius 2 is 2.05 bits per heavy atom. The van der Waals surface area contributed by atoms with Gasteiger partial charge in [0.1, 0.15) is 11.3 Å². The summed E-state index contributed by atoms with van der Waals surface area (Å²) in [6.07, 6.45) is 5.76. The molecule has 1 aromatic carbocycles. The molecule has 0 bridgehead atoms. The molecule has 0 saturated heterocycles. The average molecular weight is 284 g/mol. The van der Waals surface area contributed by atoms with Crippen molar-refractivity contribution in [1.29, 1.82) is 0 Å². The van der Waals surface area contributed by atoms with Gasteiger partial charge in [-0.1, -0.05) is 19.1 Å². The fourth-order valence-electron chi connectivity index (χ4n) is 3.13. The van der Waals surface area contributed by atoms with Gasteiger partial charge in [0.05, 0.1) is 6.61 Å². The number of ether oxygens (including phenoxy) is 1. The van der Waals surface area contributed by atoms with Crippen molar-refractivity contribution in [3.8, 4) is 5.75 Å². The maximum atomic E-state index is 5.90. The molecule has 0 fully saturated rings. The van der Waals surface area contributed by atoms with Crippen molar-refractivity contribution in [1.82, 2.24) is 4.98 Å². The van der Waals surface area contributed by atoms with Crippen LogP contribution < -0.4 is 10.1 Å². The highest BCUT2D eigenvalue weighted by Crippen LogP contribution is 2.36. The molecule has 21 heavy (non-hydrogen) atoms. The van der Waals surface area contributed by atoms with Gasteiger partial charge in [-0.2, -0.15) is 0 Å². The highest BCUT2D eigenvalue weighted by molar-refractivity contribution is 5.96. The van der Waals surface area contributed by atoms with Crippen LogP contribution in [0.4, 0.5) is 5.69 Å². The van der Waals surface area contributed by atoms with Crippen LogP contribution >= 0.6 is 0 Å². The normalized spacial score (nSPS) is 14.0. The minimum absolute atomic E-state index is 0.744. The molecule has 1 heterocycles. The van der Waals surface area contributed by atoms with Crippen molar-refractivity contribution in [3.63, 3.8) is 0 Å². The average Bonchev–Trinajstić information content (AvgIpc) is 2.53. The topological polar surface area (TPSA) is 34.1 Å². The van der Waals surface area contributed by atoms with Crippen LogP contribution in [0.15, 0.2) is 18.2 Å². The van der Waals surface area contributed by atoms with Gasteiger partial charge in [-0.05, 0) is 50.7 Å². The number of aryl methyl sites for hydroxylation is 1. The molecule has 3 heteroatoms. The summed E-state index contributed by atoms with van der Waals surface area (Å²) in [5.74, 6) is 0.918. The molecule has 112 valence electrons. The number of para-hydroxylation sites is 1. The van der Waals surface area contributed by atoms with Crippen molar-refractivity contribution in [2.75, 3.05) is 18.5 Å². The molecule has 0 amide bonds. The number of nitrogens with zero attached hydrogens (tertiary/aromatic N) is 1. The lowest BCUT2D eigenvalue weighted by atomic mass is 9.92. The molecular formula is C18H24N2O. The van der Waals surface area contributed by atoms with Gasteiger partial charge >= 0.3 is 0 Å². The van der Waals surface area contributed by atoms with Crippen LogP contribution in [-0.4, -0.2) is 18.1 Å². The van der Waals surface area contributed by atoms with Crippen LogP contribution in [0.5, 0.6) is 5.75 Å². The van der Waals surface area contributed by atoms with Gasteiger partial charge in [0, 0.05) is 23.3 Å². The van der Waals surface area contributed by atoms with E-state index in [1.807, 2.05) is 6.07 Å². The second-order valence-electron chi connectivity index (χ2n) is 5.65. The van der Waals surface area contributed by atoms with E-state index in [9.17, 15) is 0 Å². The Hall–Kier alpha value is -1.77. The number of benzene rings is 1. The predicted octanol–water partition coefficient (Wildman–Crippen LogP) is 4.33. The SMILES string of the molecule is CCCOc1cccc2c(NCC)c3c(nc12)CCCC3. The summed E-state index contributed by atoms with van der Waals surface area (Å²) in [5.41, 5.74) is 4.97. The summed E-state index contributed by atoms with van der Waals surface area (Å²) in [4.78, 5) is 4.95. The molecule has 1 aliphatic carbocycles. The fraction of sp³-hybridized carbons (Fsp3) is 0.500. The third kappa shape index (κ3) is 2.69. The van der Waals surface area contributed by atoms with Gasteiger partial charge in [0.25, 0.3) is 0 Å². The van der Waals surface area contributed by atoms with E-state index in [2.05, 4.69) is 31.3 Å². The Morgan fingerprint density at radius 1 is 1.19 bits per heavy atom. The lowest BCUT2D eigenvalue weighted by Crippen LogP contribution is -2.11. The summed E-state index contributed by atoms with van der Waals surface area (Å²) in [6.45, 7) is 5.96. The summed E-state index contributed by atoms with van der Waals surface area (Å²) in [6, 6.07) is 6.27. The molecule has 0 aliphatic heterocycles. The molecular weight excluding hydrogens is 260 g/mol. The number of hydrogen-bond donors (Lipinski definition) is 1. The van der Waals surface area contributed by atoms with Crippen molar-refractivity contribution < 1.29 is 4.74 Å². The second kappa shape index (κ2) is 6.33. The smallest absolute Gasteiger partial charge is 0.145 e. The zero-order chi connectivity index (χ0) is 14.7. The largest absolute Gasteiger partial charge is 0.491 e. The van der Waals surface area contributed by atoms with E-state index < -0.39 is 0 Å². The molecule has 0 spiro atoms. The second-order valence-corrected chi connectivity index (χ2v) is 5.65. The van der Waals surface area contributed by atoms with Gasteiger partial charge in [0.2, 0.25) is 0 Å². The van der Waals surface area contributed by atoms with Gasteiger partial charge < -0.3 is 10.1 Å². The van der Waals surface area contributed by atoms with E-state index in [-0.39, 0.29) is 0 Å². The van der Waals surface area contributed by atoms with Gasteiger partial charge in [-0.25, -0.2) is 4.98 Å². The van der Waals surface area contributed by atoms with Crippen LogP contribution in [0.25, 0.3) is 10.9 Å². The molecule has 3 nitrogen and oxygen atoms in total. The van der Waals surface area contributed by atoms with E-state index in [0.29, 0.717) is 0 Å². The van der Waals surface area contributed by atoms with Crippen molar-refractivity contribution in [2.24, 2.45) is 0 Å². The molecule has 0 radical (unpaired) electrons. The first-order valence-corrected chi connectivity index (χ1v) is 8.16. The van der Waals surface area contributed by atoms with Gasteiger partial charge in [-0.3, -0.25) is 0 Å². The van der Waals surface area contributed by atoms with Gasteiger partial charge in [-0.15, -0.1) is 0 Å².